The van der Waals surface area contributed by atoms with Crippen molar-refractivity contribution in [2.24, 2.45) is 5.92 Å². The summed E-state index contributed by atoms with van der Waals surface area (Å²) in [5, 5.41) is 0.665. The van der Waals surface area contributed by atoms with E-state index in [9.17, 15) is 13.2 Å². The van der Waals surface area contributed by atoms with Crippen LogP contribution in [0.5, 0.6) is 0 Å². The molecule has 112 valence electrons. The molecule has 1 rings (SSSR count). The minimum Gasteiger partial charge on any atom is -0.469 e. The fourth-order valence-corrected chi connectivity index (χ4v) is 2.99. The Morgan fingerprint density at radius 3 is 2.55 bits per heavy atom. The van der Waals surface area contributed by atoms with Crippen molar-refractivity contribution >= 4 is 27.8 Å². The van der Waals surface area contributed by atoms with E-state index >= 15 is 0 Å². The first-order valence-corrected chi connectivity index (χ1v) is 8.30. The van der Waals surface area contributed by atoms with Crippen LogP contribution in [0.25, 0.3) is 0 Å². The summed E-state index contributed by atoms with van der Waals surface area (Å²) in [6.45, 7) is 1.77. The molecule has 1 unspecified atom stereocenters. The summed E-state index contributed by atoms with van der Waals surface area (Å²) in [6, 6.07) is 3.14. The molecule has 0 spiro atoms. The molecular formula is C12H18N2O4S2. The third-order valence-corrected chi connectivity index (χ3v) is 5.58. The third-order valence-electron chi connectivity index (χ3n) is 2.57. The van der Waals surface area contributed by atoms with Gasteiger partial charge in [-0.3, -0.25) is 4.79 Å². The van der Waals surface area contributed by atoms with Crippen molar-refractivity contribution < 1.29 is 17.9 Å². The van der Waals surface area contributed by atoms with Crippen LogP contribution in [0, 0.1) is 5.92 Å². The largest absolute Gasteiger partial charge is 0.469 e. The SMILES string of the molecule is COC(=O)C(C)CSc1ccc(S(=O)(=O)N(C)C)cn1. The number of esters is 1. The van der Waals surface area contributed by atoms with Gasteiger partial charge in [0.2, 0.25) is 10.0 Å². The topological polar surface area (TPSA) is 76.6 Å². The van der Waals surface area contributed by atoms with Gasteiger partial charge in [0.25, 0.3) is 0 Å². The van der Waals surface area contributed by atoms with E-state index in [0.29, 0.717) is 10.8 Å². The number of aromatic nitrogens is 1. The lowest BCUT2D eigenvalue weighted by Gasteiger charge is -2.11. The second-order valence-electron chi connectivity index (χ2n) is 4.35. The highest BCUT2D eigenvalue weighted by Crippen LogP contribution is 2.21. The van der Waals surface area contributed by atoms with Crippen molar-refractivity contribution in [3.8, 4) is 0 Å². The molecule has 0 amide bonds. The van der Waals surface area contributed by atoms with Gasteiger partial charge in [0.1, 0.15) is 4.90 Å². The Kier molecular flexibility index (Phi) is 5.97. The number of ether oxygens (including phenoxy) is 1. The molecule has 0 radical (unpaired) electrons. The first-order chi connectivity index (χ1) is 9.28. The molecule has 1 heterocycles. The lowest BCUT2D eigenvalue weighted by molar-refractivity contribution is -0.143. The smallest absolute Gasteiger partial charge is 0.309 e. The molecule has 0 aromatic carbocycles. The fourth-order valence-electron chi connectivity index (χ4n) is 1.30. The Morgan fingerprint density at radius 1 is 1.45 bits per heavy atom. The van der Waals surface area contributed by atoms with Crippen LogP contribution in [0.15, 0.2) is 28.3 Å². The quantitative estimate of drug-likeness (QED) is 0.580. The Bertz CT molecular complexity index is 555. The van der Waals surface area contributed by atoms with Gasteiger partial charge < -0.3 is 4.74 Å². The number of rotatable bonds is 6. The molecule has 0 N–H and O–H groups in total. The molecule has 6 nitrogen and oxygen atoms in total. The summed E-state index contributed by atoms with van der Waals surface area (Å²) in [4.78, 5) is 15.5. The highest BCUT2D eigenvalue weighted by molar-refractivity contribution is 7.99. The Morgan fingerprint density at radius 2 is 2.10 bits per heavy atom. The number of sulfonamides is 1. The molecule has 0 bridgehead atoms. The van der Waals surface area contributed by atoms with Crippen LogP contribution in [0.1, 0.15) is 6.92 Å². The van der Waals surface area contributed by atoms with Crippen LogP contribution in [0.4, 0.5) is 0 Å². The normalized spacial score (nSPS) is 13.2. The van der Waals surface area contributed by atoms with Crippen molar-refractivity contribution in [1.29, 1.82) is 0 Å². The van der Waals surface area contributed by atoms with Gasteiger partial charge in [-0.25, -0.2) is 17.7 Å². The van der Waals surface area contributed by atoms with E-state index in [0.717, 1.165) is 4.31 Å². The van der Waals surface area contributed by atoms with Gasteiger partial charge in [0.15, 0.2) is 0 Å². The van der Waals surface area contributed by atoms with Crippen LogP contribution < -0.4 is 0 Å². The second kappa shape index (κ2) is 7.05. The van der Waals surface area contributed by atoms with Gasteiger partial charge in [0.05, 0.1) is 18.1 Å². The van der Waals surface area contributed by atoms with Gasteiger partial charge in [-0.05, 0) is 12.1 Å². The molecule has 0 aliphatic rings. The van der Waals surface area contributed by atoms with Gasteiger partial charge >= 0.3 is 5.97 Å². The molecule has 1 atom stereocenters. The summed E-state index contributed by atoms with van der Waals surface area (Å²) in [7, 11) is 0.832. The molecule has 0 fully saturated rings. The molecule has 0 saturated heterocycles. The molecule has 0 saturated carbocycles. The van der Waals surface area contributed by atoms with Crippen molar-refractivity contribution in [2.45, 2.75) is 16.8 Å². The Labute approximate surface area is 123 Å². The van der Waals surface area contributed by atoms with Crippen LogP contribution >= 0.6 is 11.8 Å². The lowest BCUT2D eigenvalue weighted by Crippen LogP contribution is -2.22. The van der Waals surface area contributed by atoms with E-state index in [1.165, 1.54) is 45.2 Å². The standard InChI is InChI=1S/C12H18N2O4S2/c1-9(12(15)18-4)8-19-11-6-5-10(7-13-11)20(16,17)14(2)3/h5-7,9H,8H2,1-4H3. The number of thioether (sulfide) groups is 1. The second-order valence-corrected chi connectivity index (χ2v) is 7.55. The van der Waals surface area contributed by atoms with Crippen molar-refractivity contribution in [1.82, 2.24) is 9.29 Å². The van der Waals surface area contributed by atoms with E-state index < -0.39 is 10.0 Å². The Balaban J connectivity index is 2.71. The zero-order valence-corrected chi connectivity index (χ0v) is 13.5. The van der Waals surface area contributed by atoms with E-state index in [4.69, 9.17) is 0 Å². The molecule has 1 aromatic rings. The van der Waals surface area contributed by atoms with Crippen LogP contribution in [-0.4, -0.2) is 50.6 Å². The van der Waals surface area contributed by atoms with Crippen molar-refractivity contribution in [2.75, 3.05) is 27.0 Å². The maximum atomic E-state index is 11.9. The van der Waals surface area contributed by atoms with E-state index in [2.05, 4.69) is 9.72 Å². The maximum absolute atomic E-state index is 11.9. The van der Waals surface area contributed by atoms with E-state index in [-0.39, 0.29) is 16.8 Å². The van der Waals surface area contributed by atoms with Crippen molar-refractivity contribution in [3.63, 3.8) is 0 Å². The lowest BCUT2D eigenvalue weighted by atomic mass is 10.2. The predicted octanol–water partition coefficient (Wildman–Crippen LogP) is 1.23. The van der Waals surface area contributed by atoms with E-state index in [1.54, 1.807) is 13.0 Å². The average Bonchev–Trinajstić information content (AvgIpc) is 2.44. The van der Waals surface area contributed by atoms with E-state index in [1.807, 2.05) is 0 Å². The summed E-state index contributed by atoms with van der Waals surface area (Å²) in [6.07, 6.45) is 1.32. The third kappa shape index (κ3) is 4.19. The van der Waals surface area contributed by atoms with Crippen LogP contribution in [0.2, 0.25) is 0 Å². The summed E-state index contributed by atoms with van der Waals surface area (Å²) < 4.78 is 29.5. The number of carbonyl (C=O) groups excluding carboxylic acids is 1. The number of carbonyl (C=O) groups is 1. The molecule has 0 aliphatic carbocycles. The zero-order valence-electron chi connectivity index (χ0n) is 11.9. The van der Waals surface area contributed by atoms with Gasteiger partial charge in [-0.2, -0.15) is 0 Å². The first-order valence-electron chi connectivity index (χ1n) is 5.88. The summed E-state index contributed by atoms with van der Waals surface area (Å²) in [5.74, 6) is 0.0145. The molecular weight excluding hydrogens is 300 g/mol. The number of hydrogen-bond donors (Lipinski definition) is 0. The van der Waals surface area contributed by atoms with Gasteiger partial charge in [-0.1, -0.05) is 6.92 Å². The molecule has 1 aromatic heterocycles. The fraction of sp³-hybridized carbons (Fsp3) is 0.500. The van der Waals surface area contributed by atoms with Gasteiger partial charge in [0, 0.05) is 26.0 Å². The van der Waals surface area contributed by atoms with Crippen LogP contribution in [0.3, 0.4) is 0 Å². The molecule has 20 heavy (non-hydrogen) atoms. The predicted molar refractivity (Wildman–Crippen MR) is 77.0 cm³/mol. The highest BCUT2D eigenvalue weighted by atomic mass is 32.2. The van der Waals surface area contributed by atoms with Gasteiger partial charge in [-0.15, -0.1) is 11.8 Å². The highest BCUT2D eigenvalue weighted by Gasteiger charge is 2.18. The maximum Gasteiger partial charge on any atom is 0.309 e. The number of pyridine rings is 1. The zero-order chi connectivity index (χ0) is 15.3. The number of hydrogen-bond acceptors (Lipinski definition) is 6. The molecule has 8 heteroatoms. The summed E-state index contributed by atoms with van der Waals surface area (Å²) in [5.41, 5.74) is 0. The number of methoxy groups -OCH3 is 1. The summed E-state index contributed by atoms with van der Waals surface area (Å²) >= 11 is 1.38. The first kappa shape index (κ1) is 16.9. The minimum atomic E-state index is -3.45. The average molecular weight is 318 g/mol. The van der Waals surface area contributed by atoms with Crippen molar-refractivity contribution in [3.05, 3.63) is 18.3 Å². The molecule has 0 aliphatic heterocycles. The van der Waals surface area contributed by atoms with Crippen LogP contribution in [-0.2, 0) is 19.6 Å². The minimum absolute atomic E-state index is 0.146. The Hall–Kier alpha value is -1.12. The number of nitrogens with zero attached hydrogens (tertiary/aromatic N) is 2. The monoisotopic (exact) mass is 318 g/mol.